The van der Waals surface area contributed by atoms with Crippen LogP contribution in [0.1, 0.15) is 25.8 Å². The number of primary amides is 1. The lowest BCUT2D eigenvalue weighted by Crippen LogP contribution is -2.30. The summed E-state index contributed by atoms with van der Waals surface area (Å²) in [7, 11) is 0. The van der Waals surface area contributed by atoms with Crippen molar-refractivity contribution < 1.29 is 9.53 Å². The highest BCUT2D eigenvalue weighted by Crippen LogP contribution is 2.17. The van der Waals surface area contributed by atoms with E-state index >= 15 is 0 Å². The fourth-order valence-corrected chi connectivity index (χ4v) is 1.60. The summed E-state index contributed by atoms with van der Waals surface area (Å²) in [6, 6.07) is 7.94. The first-order valence-corrected chi connectivity index (χ1v) is 5.85. The van der Waals surface area contributed by atoms with E-state index in [1.165, 1.54) is 0 Å². The molecule has 1 rings (SSSR count). The summed E-state index contributed by atoms with van der Waals surface area (Å²) in [6.45, 7) is 5.21. The van der Waals surface area contributed by atoms with Crippen LogP contribution in [-0.2, 0) is 11.3 Å². The van der Waals surface area contributed by atoms with E-state index in [0.29, 0.717) is 19.6 Å². The summed E-state index contributed by atoms with van der Waals surface area (Å²) in [5.74, 6) is 0.594. The van der Waals surface area contributed by atoms with Gasteiger partial charge in [0.1, 0.15) is 5.75 Å². The quantitative estimate of drug-likeness (QED) is 0.753. The fraction of sp³-hybridized carbons (Fsp3) is 0.462. The number of nitrogens with two attached hydrogens (primary N) is 1. The number of amides is 1. The number of ether oxygens (including phenoxy) is 1. The molecule has 0 aliphatic carbocycles. The Kier molecular flexibility index (Phi) is 5.49. The standard InChI is InChI=1S/C13H20N2O2/c1-3-17-12-7-5-4-6-11(12)9-15-10(2)8-13(14)16/h4-7,10,15H,3,8-9H2,1-2H3,(H2,14,16). The third kappa shape index (κ3) is 4.87. The molecule has 0 aliphatic rings. The van der Waals surface area contributed by atoms with Crippen molar-refractivity contribution in [3.05, 3.63) is 29.8 Å². The Hall–Kier alpha value is -1.55. The second kappa shape index (κ2) is 6.91. The monoisotopic (exact) mass is 236 g/mol. The van der Waals surface area contributed by atoms with E-state index < -0.39 is 0 Å². The van der Waals surface area contributed by atoms with Crippen molar-refractivity contribution in [1.82, 2.24) is 5.32 Å². The van der Waals surface area contributed by atoms with Crippen molar-refractivity contribution in [2.45, 2.75) is 32.9 Å². The zero-order valence-electron chi connectivity index (χ0n) is 10.4. The van der Waals surface area contributed by atoms with Crippen LogP contribution in [0.2, 0.25) is 0 Å². The maximum atomic E-state index is 10.7. The Morgan fingerprint density at radius 2 is 2.18 bits per heavy atom. The van der Waals surface area contributed by atoms with Crippen LogP contribution in [0.25, 0.3) is 0 Å². The van der Waals surface area contributed by atoms with Gasteiger partial charge in [0.15, 0.2) is 0 Å². The molecule has 0 saturated heterocycles. The maximum Gasteiger partial charge on any atom is 0.218 e. The largest absolute Gasteiger partial charge is 0.494 e. The number of carbonyl (C=O) groups is 1. The lowest BCUT2D eigenvalue weighted by Gasteiger charge is -2.14. The molecular weight excluding hydrogens is 216 g/mol. The average Bonchev–Trinajstić information content (AvgIpc) is 2.27. The van der Waals surface area contributed by atoms with Gasteiger partial charge < -0.3 is 15.8 Å². The van der Waals surface area contributed by atoms with Gasteiger partial charge in [-0.05, 0) is 19.9 Å². The first-order valence-electron chi connectivity index (χ1n) is 5.85. The maximum absolute atomic E-state index is 10.7. The minimum atomic E-state index is -0.289. The van der Waals surface area contributed by atoms with Gasteiger partial charge >= 0.3 is 0 Å². The second-order valence-corrected chi connectivity index (χ2v) is 3.99. The van der Waals surface area contributed by atoms with Crippen LogP contribution in [0.15, 0.2) is 24.3 Å². The number of hydrogen-bond donors (Lipinski definition) is 2. The van der Waals surface area contributed by atoms with Gasteiger partial charge in [0, 0.05) is 24.6 Å². The lowest BCUT2D eigenvalue weighted by atomic mass is 10.1. The normalized spacial score (nSPS) is 12.1. The van der Waals surface area contributed by atoms with Gasteiger partial charge in [0.2, 0.25) is 5.91 Å². The summed E-state index contributed by atoms with van der Waals surface area (Å²) < 4.78 is 5.52. The van der Waals surface area contributed by atoms with Crippen molar-refractivity contribution in [2.24, 2.45) is 5.73 Å². The highest BCUT2D eigenvalue weighted by Gasteiger charge is 2.07. The molecule has 1 aromatic carbocycles. The van der Waals surface area contributed by atoms with Crippen LogP contribution >= 0.6 is 0 Å². The van der Waals surface area contributed by atoms with Crippen LogP contribution in [-0.4, -0.2) is 18.6 Å². The van der Waals surface area contributed by atoms with Crippen LogP contribution in [0.5, 0.6) is 5.75 Å². The molecule has 4 nitrogen and oxygen atoms in total. The first kappa shape index (κ1) is 13.5. The van der Waals surface area contributed by atoms with Gasteiger partial charge in [0.25, 0.3) is 0 Å². The summed E-state index contributed by atoms with van der Waals surface area (Å²) in [6.07, 6.45) is 0.344. The highest BCUT2D eigenvalue weighted by molar-refractivity contribution is 5.74. The summed E-state index contributed by atoms with van der Waals surface area (Å²) in [5.41, 5.74) is 6.22. The van der Waals surface area contributed by atoms with Gasteiger partial charge in [-0.2, -0.15) is 0 Å². The molecule has 94 valence electrons. The molecule has 1 amide bonds. The Morgan fingerprint density at radius 1 is 1.47 bits per heavy atom. The topological polar surface area (TPSA) is 64.3 Å². The van der Waals surface area contributed by atoms with Crippen molar-refractivity contribution in [1.29, 1.82) is 0 Å². The molecule has 0 aliphatic heterocycles. The van der Waals surface area contributed by atoms with Gasteiger partial charge in [-0.1, -0.05) is 18.2 Å². The Bertz CT molecular complexity index is 366. The number of rotatable bonds is 7. The molecule has 0 radical (unpaired) electrons. The van der Waals surface area contributed by atoms with Crippen molar-refractivity contribution in [3.8, 4) is 5.75 Å². The van der Waals surface area contributed by atoms with E-state index in [4.69, 9.17) is 10.5 Å². The number of nitrogens with one attached hydrogen (secondary N) is 1. The van der Waals surface area contributed by atoms with E-state index in [1.807, 2.05) is 38.1 Å². The SMILES string of the molecule is CCOc1ccccc1CNC(C)CC(N)=O. The molecule has 1 aromatic rings. The summed E-state index contributed by atoms with van der Waals surface area (Å²) in [4.78, 5) is 10.7. The third-order valence-corrected chi connectivity index (χ3v) is 2.42. The predicted molar refractivity (Wildman–Crippen MR) is 67.7 cm³/mol. The second-order valence-electron chi connectivity index (χ2n) is 3.99. The molecule has 1 atom stereocenters. The number of para-hydroxylation sites is 1. The molecule has 3 N–H and O–H groups in total. The molecule has 1 unspecified atom stereocenters. The van der Waals surface area contributed by atoms with E-state index in [9.17, 15) is 4.79 Å². The molecule has 17 heavy (non-hydrogen) atoms. The zero-order chi connectivity index (χ0) is 12.7. The predicted octanol–water partition coefficient (Wildman–Crippen LogP) is 1.44. The summed E-state index contributed by atoms with van der Waals surface area (Å²) >= 11 is 0. The fourth-order valence-electron chi connectivity index (χ4n) is 1.60. The Morgan fingerprint density at radius 3 is 2.82 bits per heavy atom. The molecule has 4 heteroatoms. The molecule has 0 aromatic heterocycles. The minimum absolute atomic E-state index is 0.0715. The van der Waals surface area contributed by atoms with Gasteiger partial charge in [-0.15, -0.1) is 0 Å². The number of carbonyl (C=O) groups excluding carboxylic acids is 1. The molecule has 0 spiro atoms. The molecule has 0 fully saturated rings. The van der Waals surface area contributed by atoms with Crippen molar-refractivity contribution in [2.75, 3.05) is 6.61 Å². The van der Waals surface area contributed by atoms with Gasteiger partial charge in [-0.25, -0.2) is 0 Å². The van der Waals surface area contributed by atoms with Gasteiger partial charge in [0.05, 0.1) is 6.61 Å². The van der Waals surface area contributed by atoms with Crippen LogP contribution in [0.4, 0.5) is 0 Å². The van der Waals surface area contributed by atoms with Crippen LogP contribution in [0, 0.1) is 0 Å². The molecule has 0 bridgehead atoms. The summed E-state index contributed by atoms with van der Waals surface area (Å²) in [5, 5.41) is 3.25. The minimum Gasteiger partial charge on any atom is -0.494 e. The first-order chi connectivity index (χ1) is 8.13. The number of hydrogen-bond acceptors (Lipinski definition) is 3. The number of benzene rings is 1. The Labute approximate surface area is 102 Å². The van der Waals surface area contributed by atoms with E-state index in [-0.39, 0.29) is 11.9 Å². The molecular formula is C13H20N2O2. The van der Waals surface area contributed by atoms with Crippen molar-refractivity contribution >= 4 is 5.91 Å². The molecule has 0 saturated carbocycles. The van der Waals surface area contributed by atoms with Crippen LogP contribution in [0.3, 0.4) is 0 Å². The van der Waals surface area contributed by atoms with E-state index in [1.54, 1.807) is 0 Å². The average molecular weight is 236 g/mol. The van der Waals surface area contributed by atoms with E-state index in [0.717, 1.165) is 11.3 Å². The molecule has 0 heterocycles. The van der Waals surface area contributed by atoms with E-state index in [2.05, 4.69) is 5.32 Å². The zero-order valence-corrected chi connectivity index (χ0v) is 10.4. The smallest absolute Gasteiger partial charge is 0.218 e. The lowest BCUT2D eigenvalue weighted by molar-refractivity contribution is -0.118. The Balaban J connectivity index is 2.53. The van der Waals surface area contributed by atoms with Crippen molar-refractivity contribution in [3.63, 3.8) is 0 Å². The highest BCUT2D eigenvalue weighted by atomic mass is 16.5. The van der Waals surface area contributed by atoms with Crippen LogP contribution < -0.4 is 15.8 Å². The van der Waals surface area contributed by atoms with Gasteiger partial charge in [-0.3, -0.25) is 4.79 Å². The third-order valence-electron chi connectivity index (χ3n) is 2.42.